The van der Waals surface area contributed by atoms with Crippen LogP contribution in [0.15, 0.2) is 18.2 Å². The van der Waals surface area contributed by atoms with E-state index in [0.29, 0.717) is 0 Å². The topological polar surface area (TPSA) is 78.4 Å². The summed E-state index contributed by atoms with van der Waals surface area (Å²) in [5.74, 6) is -2.54. The van der Waals surface area contributed by atoms with Gasteiger partial charge in [0, 0.05) is 6.54 Å². The fourth-order valence-electron chi connectivity index (χ4n) is 1.73. The molecule has 3 N–H and O–H groups in total. The Bertz CT molecular complexity index is 564. The maximum absolute atomic E-state index is 13.1. The van der Waals surface area contributed by atoms with Crippen LogP contribution in [0.25, 0.3) is 0 Å². The van der Waals surface area contributed by atoms with Gasteiger partial charge in [0.2, 0.25) is 0 Å². The van der Waals surface area contributed by atoms with Gasteiger partial charge in [0.15, 0.2) is 0 Å². The van der Waals surface area contributed by atoms with Crippen LogP contribution in [0.5, 0.6) is 0 Å². The lowest BCUT2D eigenvalue weighted by molar-refractivity contribution is -0.137. The fourth-order valence-corrected chi connectivity index (χ4v) is 1.89. The number of aliphatic hydroxyl groups is 1. The summed E-state index contributed by atoms with van der Waals surface area (Å²) in [6, 6.07) is 3.43. The molecule has 2 atom stereocenters. The van der Waals surface area contributed by atoms with Gasteiger partial charge in [-0.25, -0.2) is 4.39 Å². The average molecular weight is 331 g/mol. The molecule has 1 aromatic rings. The summed E-state index contributed by atoms with van der Waals surface area (Å²) in [5, 5.41) is 14.9. The first kappa shape index (κ1) is 18.4. The Labute approximate surface area is 133 Å². The maximum Gasteiger partial charge on any atom is 0.313 e. The first-order valence-electron chi connectivity index (χ1n) is 6.94. The summed E-state index contributed by atoms with van der Waals surface area (Å²) in [7, 11) is 0. The molecule has 1 rings (SSSR count). The van der Waals surface area contributed by atoms with Crippen LogP contribution in [0, 0.1) is 11.7 Å². The van der Waals surface area contributed by atoms with E-state index < -0.39 is 23.2 Å². The Morgan fingerprint density at radius 3 is 2.64 bits per heavy atom. The van der Waals surface area contributed by atoms with Gasteiger partial charge < -0.3 is 15.7 Å². The molecule has 0 saturated carbocycles. The second kappa shape index (κ2) is 7.56. The highest BCUT2D eigenvalue weighted by molar-refractivity contribution is 6.41. The molecule has 5 nitrogen and oxygen atoms in total. The van der Waals surface area contributed by atoms with E-state index in [1.165, 1.54) is 6.07 Å². The van der Waals surface area contributed by atoms with E-state index in [1.54, 1.807) is 6.92 Å². The SMILES string of the molecule is CCC(C)C(C)(O)CNC(=O)C(=O)Nc1cc(F)ccc1Cl. The molecule has 0 aliphatic heterocycles. The predicted octanol–water partition coefficient (Wildman–Crippen LogP) is 2.33. The van der Waals surface area contributed by atoms with E-state index in [-0.39, 0.29) is 23.2 Å². The molecule has 0 heterocycles. The summed E-state index contributed by atoms with van der Waals surface area (Å²) in [6.45, 7) is 5.28. The molecule has 1 aromatic carbocycles. The van der Waals surface area contributed by atoms with Crippen LogP contribution < -0.4 is 10.6 Å². The predicted molar refractivity (Wildman–Crippen MR) is 83.1 cm³/mol. The Kier molecular flexibility index (Phi) is 6.32. The summed E-state index contributed by atoms with van der Waals surface area (Å²) in [6.07, 6.45) is 0.730. The molecular weight excluding hydrogens is 311 g/mol. The van der Waals surface area contributed by atoms with Crippen molar-refractivity contribution in [1.29, 1.82) is 0 Å². The molecule has 7 heteroatoms. The molecule has 0 radical (unpaired) electrons. The van der Waals surface area contributed by atoms with Crippen LogP contribution in [0.2, 0.25) is 5.02 Å². The Hall–Kier alpha value is -1.66. The van der Waals surface area contributed by atoms with Gasteiger partial charge in [-0.1, -0.05) is 31.9 Å². The van der Waals surface area contributed by atoms with Crippen LogP contribution in [0.4, 0.5) is 10.1 Å². The fraction of sp³-hybridized carbons (Fsp3) is 0.467. The molecule has 122 valence electrons. The molecule has 0 bridgehead atoms. The van der Waals surface area contributed by atoms with Crippen molar-refractivity contribution in [3.8, 4) is 0 Å². The van der Waals surface area contributed by atoms with E-state index >= 15 is 0 Å². The average Bonchev–Trinajstić information content (AvgIpc) is 2.47. The van der Waals surface area contributed by atoms with E-state index in [2.05, 4.69) is 10.6 Å². The number of carbonyl (C=O) groups excluding carboxylic acids is 2. The molecule has 0 fully saturated rings. The third-order valence-electron chi connectivity index (χ3n) is 3.66. The number of hydrogen-bond donors (Lipinski definition) is 3. The Morgan fingerprint density at radius 1 is 1.41 bits per heavy atom. The number of halogens is 2. The lowest BCUT2D eigenvalue weighted by atomic mass is 9.89. The minimum absolute atomic E-state index is 0.00973. The van der Waals surface area contributed by atoms with Crippen molar-refractivity contribution in [2.75, 3.05) is 11.9 Å². The number of carbonyl (C=O) groups is 2. The summed E-state index contributed by atoms with van der Waals surface area (Å²) < 4.78 is 13.1. The quantitative estimate of drug-likeness (QED) is 0.725. The van der Waals surface area contributed by atoms with Crippen molar-refractivity contribution >= 4 is 29.1 Å². The summed E-state index contributed by atoms with van der Waals surface area (Å²) >= 11 is 5.80. The molecule has 0 aliphatic rings. The number of anilines is 1. The van der Waals surface area contributed by atoms with Crippen LogP contribution in [-0.4, -0.2) is 29.1 Å². The van der Waals surface area contributed by atoms with Crippen molar-refractivity contribution in [3.05, 3.63) is 29.0 Å². The number of amides is 2. The van der Waals surface area contributed by atoms with Gasteiger partial charge in [-0.2, -0.15) is 0 Å². The zero-order valence-corrected chi connectivity index (χ0v) is 13.5. The minimum atomic E-state index is -1.12. The van der Waals surface area contributed by atoms with Gasteiger partial charge in [-0.05, 0) is 31.0 Å². The third-order valence-corrected chi connectivity index (χ3v) is 3.99. The first-order chi connectivity index (χ1) is 10.2. The van der Waals surface area contributed by atoms with Crippen molar-refractivity contribution in [2.24, 2.45) is 5.92 Å². The van der Waals surface area contributed by atoms with E-state index in [4.69, 9.17) is 11.6 Å². The smallest absolute Gasteiger partial charge is 0.313 e. The first-order valence-corrected chi connectivity index (χ1v) is 7.31. The molecule has 2 amide bonds. The van der Waals surface area contributed by atoms with Gasteiger partial charge in [-0.15, -0.1) is 0 Å². The largest absolute Gasteiger partial charge is 0.388 e. The van der Waals surface area contributed by atoms with Gasteiger partial charge in [-0.3, -0.25) is 9.59 Å². The number of nitrogens with one attached hydrogen (secondary N) is 2. The van der Waals surface area contributed by atoms with Crippen molar-refractivity contribution in [3.63, 3.8) is 0 Å². The summed E-state index contributed by atoms with van der Waals surface area (Å²) in [5.41, 5.74) is -1.11. The normalized spacial score (nSPS) is 14.8. The van der Waals surface area contributed by atoms with Crippen molar-refractivity contribution in [1.82, 2.24) is 5.32 Å². The summed E-state index contributed by atoms with van der Waals surface area (Å²) in [4.78, 5) is 23.5. The minimum Gasteiger partial charge on any atom is -0.388 e. The molecular formula is C15H20ClFN2O3. The Morgan fingerprint density at radius 2 is 2.05 bits per heavy atom. The molecule has 0 spiro atoms. The van der Waals surface area contributed by atoms with E-state index in [1.807, 2.05) is 13.8 Å². The highest BCUT2D eigenvalue weighted by Gasteiger charge is 2.28. The molecule has 0 aliphatic carbocycles. The monoisotopic (exact) mass is 330 g/mol. The standard InChI is InChI=1S/C15H20ClFN2O3/c1-4-9(2)15(3,22)8-18-13(20)14(21)19-12-7-10(17)5-6-11(12)16/h5-7,9,22H,4,8H2,1-3H3,(H,18,20)(H,19,21). The van der Waals surface area contributed by atoms with Crippen molar-refractivity contribution in [2.45, 2.75) is 32.8 Å². The van der Waals surface area contributed by atoms with Crippen LogP contribution >= 0.6 is 11.6 Å². The van der Waals surface area contributed by atoms with Crippen molar-refractivity contribution < 1.29 is 19.1 Å². The molecule has 0 saturated heterocycles. The van der Waals surface area contributed by atoms with E-state index in [0.717, 1.165) is 18.6 Å². The van der Waals surface area contributed by atoms with Gasteiger partial charge >= 0.3 is 11.8 Å². The highest BCUT2D eigenvalue weighted by atomic mass is 35.5. The maximum atomic E-state index is 13.1. The number of rotatable bonds is 5. The molecule has 22 heavy (non-hydrogen) atoms. The van der Waals surface area contributed by atoms with Gasteiger partial charge in [0.1, 0.15) is 5.82 Å². The zero-order valence-electron chi connectivity index (χ0n) is 12.7. The highest BCUT2D eigenvalue weighted by Crippen LogP contribution is 2.22. The molecule has 2 unspecified atom stereocenters. The zero-order chi connectivity index (χ0) is 16.9. The number of hydrogen-bond acceptors (Lipinski definition) is 3. The van der Waals surface area contributed by atoms with Gasteiger partial charge in [0.05, 0.1) is 16.3 Å². The van der Waals surface area contributed by atoms with Gasteiger partial charge in [0.25, 0.3) is 0 Å². The van der Waals surface area contributed by atoms with Crippen LogP contribution in [-0.2, 0) is 9.59 Å². The van der Waals surface area contributed by atoms with E-state index in [9.17, 15) is 19.1 Å². The second-order valence-corrected chi connectivity index (χ2v) is 5.83. The lowest BCUT2D eigenvalue weighted by Gasteiger charge is -2.29. The Balaban J connectivity index is 2.63. The second-order valence-electron chi connectivity index (χ2n) is 5.43. The lowest BCUT2D eigenvalue weighted by Crippen LogP contribution is -2.47. The molecule has 0 aromatic heterocycles. The van der Waals surface area contributed by atoms with Crippen LogP contribution in [0.1, 0.15) is 27.2 Å². The van der Waals surface area contributed by atoms with Crippen LogP contribution in [0.3, 0.4) is 0 Å². The number of benzene rings is 1. The third kappa shape index (κ3) is 4.96.